The van der Waals surface area contributed by atoms with Crippen molar-refractivity contribution < 1.29 is 23.8 Å². The fourth-order valence-electron chi connectivity index (χ4n) is 5.46. The standard InChI is InChI=1S/C27H41N3O5/c1-29-14-7-10-21(29)12-15-35-25-23(33-2)16-19(17-24(25)34-3)18-30(27(32)20-8-6-9-20)22-11-4-5-13-28-26(22)31/h16-17,20-22H,4-15,18H2,1-3H3,(H,28,31)/t21?,22-/m0/s1. The van der Waals surface area contributed by atoms with E-state index in [2.05, 4.69) is 17.3 Å². The molecule has 8 nitrogen and oxygen atoms in total. The predicted octanol–water partition coefficient (Wildman–Crippen LogP) is 3.36. The molecule has 2 heterocycles. The molecule has 0 radical (unpaired) electrons. The second-order valence-electron chi connectivity index (χ2n) is 10.1. The summed E-state index contributed by atoms with van der Waals surface area (Å²) in [5.74, 6) is 1.80. The Kier molecular flexibility index (Phi) is 8.76. The fourth-order valence-corrected chi connectivity index (χ4v) is 5.46. The Bertz CT molecular complexity index is 863. The van der Waals surface area contributed by atoms with Crippen LogP contribution in [0.1, 0.15) is 63.4 Å². The largest absolute Gasteiger partial charge is 0.493 e. The summed E-state index contributed by atoms with van der Waals surface area (Å²) < 4.78 is 17.5. The minimum atomic E-state index is -0.443. The Hall–Kier alpha value is -2.48. The maximum absolute atomic E-state index is 13.4. The van der Waals surface area contributed by atoms with Gasteiger partial charge in [0.05, 0.1) is 20.8 Å². The molecular formula is C27H41N3O5. The molecule has 2 saturated heterocycles. The second kappa shape index (κ2) is 12.0. The van der Waals surface area contributed by atoms with Gasteiger partial charge in [-0.1, -0.05) is 6.42 Å². The van der Waals surface area contributed by atoms with Gasteiger partial charge in [0, 0.05) is 25.0 Å². The number of hydrogen-bond acceptors (Lipinski definition) is 6. The zero-order valence-electron chi connectivity index (χ0n) is 21.5. The highest BCUT2D eigenvalue weighted by molar-refractivity contribution is 5.89. The second-order valence-corrected chi connectivity index (χ2v) is 10.1. The maximum atomic E-state index is 13.4. The van der Waals surface area contributed by atoms with Gasteiger partial charge in [0.25, 0.3) is 0 Å². The molecule has 4 rings (SSSR count). The van der Waals surface area contributed by atoms with Crippen LogP contribution in [0.3, 0.4) is 0 Å². The Balaban J connectivity index is 1.53. The number of nitrogens with one attached hydrogen (secondary N) is 1. The third-order valence-electron chi connectivity index (χ3n) is 7.86. The maximum Gasteiger partial charge on any atom is 0.242 e. The van der Waals surface area contributed by atoms with Gasteiger partial charge in [0.15, 0.2) is 11.5 Å². The van der Waals surface area contributed by atoms with E-state index in [9.17, 15) is 9.59 Å². The number of carbonyl (C=O) groups is 2. The Morgan fingerprint density at radius 3 is 2.40 bits per heavy atom. The highest BCUT2D eigenvalue weighted by atomic mass is 16.5. The molecule has 194 valence electrons. The van der Waals surface area contributed by atoms with Crippen LogP contribution < -0.4 is 19.5 Å². The van der Waals surface area contributed by atoms with E-state index in [1.165, 1.54) is 12.8 Å². The van der Waals surface area contributed by atoms with E-state index in [0.717, 1.165) is 50.6 Å². The summed E-state index contributed by atoms with van der Waals surface area (Å²) in [6, 6.07) is 3.93. The lowest BCUT2D eigenvalue weighted by Crippen LogP contribution is -2.51. The van der Waals surface area contributed by atoms with Gasteiger partial charge >= 0.3 is 0 Å². The van der Waals surface area contributed by atoms with Crippen LogP contribution in [0.2, 0.25) is 0 Å². The normalized spacial score (nSPS) is 23.2. The summed E-state index contributed by atoms with van der Waals surface area (Å²) in [6.07, 6.45) is 8.82. The van der Waals surface area contributed by atoms with E-state index in [1.54, 1.807) is 19.1 Å². The summed E-state index contributed by atoms with van der Waals surface area (Å²) in [6.45, 7) is 2.73. The molecule has 2 amide bonds. The number of methoxy groups -OCH3 is 2. The summed E-state index contributed by atoms with van der Waals surface area (Å²) in [7, 11) is 5.40. The van der Waals surface area contributed by atoms with Crippen LogP contribution in [0.4, 0.5) is 0 Å². The molecular weight excluding hydrogens is 446 g/mol. The molecule has 35 heavy (non-hydrogen) atoms. The molecule has 3 fully saturated rings. The number of nitrogens with zero attached hydrogens (tertiary/aromatic N) is 2. The third-order valence-corrected chi connectivity index (χ3v) is 7.86. The van der Waals surface area contributed by atoms with E-state index in [-0.39, 0.29) is 17.7 Å². The zero-order chi connectivity index (χ0) is 24.8. The molecule has 0 spiro atoms. The van der Waals surface area contributed by atoms with Gasteiger partial charge < -0.3 is 29.3 Å². The summed E-state index contributed by atoms with van der Waals surface area (Å²) in [4.78, 5) is 30.4. The van der Waals surface area contributed by atoms with Crippen molar-refractivity contribution in [3.05, 3.63) is 17.7 Å². The number of hydrogen-bond donors (Lipinski definition) is 1. The number of amides is 2. The molecule has 0 bridgehead atoms. The Labute approximate surface area is 209 Å². The quantitative estimate of drug-likeness (QED) is 0.545. The molecule has 8 heteroatoms. The van der Waals surface area contributed by atoms with E-state index in [4.69, 9.17) is 14.2 Å². The van der Waals surface area contributed by atoms with Gasteiger partial charge in [-0.2, -0.15) is 0 Å². The summed E-state index contributed by atoms with van der Waals surface area (Å²) in [5, 5.41) is 2.99. The first kappa shape index (κ1) is 25.6. The van der Waals surface area contributed by atoms with E-state index in [0.29, 0.717) is 49.4 Å². The van der Waals surface area contributed by atoms with Crippen LogP contribution >= 0.6 is 0 Å². The molecule has 1 aromatic rings. The molecule has 1 unspecified atom stereocenters. The van der Waals surface area contributed by atoms with Crippen LogP contribution in [0.5, 0.6) is 17.2 Å². The number of rotatable bonds is 10. The summed E-state index contributed by atoms with van der Waals surface area (Å²) in [5.41, 5.74) is 0.867. The van der Waals surface area contributed by atoms with Crippen molar-refractivity contribution in [1.82, 2.24) is 15.1 Å². The van der Waals surface area contributed by atoms with Gasteiger partial charge in [0.1, 0.15) is 6.04 Å². The van der Waals surface area contributed by atoms with E-state index in [1.807, 2.05) is 12.1 Å². The SMILES string of the molecule is COc1cc(CN(C(=O)C2CCC2)[C@H]2CCCCNC2=O)cc(OC)c1OCCC1CCCN1C. The number of carbonyl (C=O) groups excluding carboxylic acids is 2. The van der Waals surface area contributed by atoms with Crippen molar-refractivity contribution in [2.45, 2.75) is 76.4 Å². The number of ether oxygens (including phenoxy) is 3. The minimum Gasteiger partial charge on any atom is -0.493 e. The number of likely N-dealkylation sites (tertiary alicyclic amines) is 1. The first-order valence-corrected chi connectivity index (χ1v) is 13.2. The van der Waals surface area contributed by atoms with Crippen LogP contribution in [0.25, 0.3) is 0 Å². The number of benzene rings is 1. The molecule has 1 aliphatic carbocycles. The molecule has 2 aliphatic heterocycles. The molecule has 1 saturated carbocycles. The molecule has 2 atom stereocenters. The Morgan fingerprint density at radius 2 is 1.80 bits per heavy atom. The van der Waals surface area contributed by atoms with Crippen LogP contribution in [-0.2, 0) is 16.1 Å². The average molecular weight is 488 g/mol. The highest BCUT2D eigenvalue weighted by Gasteiger charge is 2.36. The van der Waals surface area contributed by atoms with E-state index >= 15 is 0 Å². The first-order chi connectivity index (χ1) is 17.0. The first-order valence-electron chi connectivity index (χ1n) is 13.2. The van der Waals surface area contributed by atoms with Gasteiger partial charge in [0.2, 0.25) is 17.6 Å². The summed E-state index contributed by atoms with van der Waals surface area (Å²) >= 11 is 0. The smallest absolute Gasteiger partial charge is 0.242 e. The van der Waals surface area contributed by atoms with E-state index < -0.39 is 6.04 Å². The minimum absolute atomic E-state index is 0.0196. The topological polar surface area (TPSA) is 80.3 Å². The van der Waals surface area contributed by atoms with Crippen molar-refractivity contribution in [3.8, 4) is 17.2 Å². The lowest BCUT2D eigenvalue weighted by Gasteiger charge is -2.36. The molecule has 1 N–H and O–H groups in total. The van der Waals surface area contributed by atoms with Gasteiger partial charge in [-0.3, -0.25) is 9.59 Å². The van der Waals surface area contributed by atoms with Crippen molar-refractivity contribution in [3.63, 3.8) is 0 Å². The van der Waals surface area contributed by atoms with Crippen LogP contribution in [0, 0.1) is 5.92 Å². The molecule has 3 aliphatic rings. The lowest BCUT2D eigenvalue weighted by molar-refractivity contribution is -0.146. The zero-order valence-corrected chi connectivity index (χ0v) is 21.5. The van der Waals surface area contributed by atoms with Crippen molar-refractivity contribution in [2.75, 3.05) is 41.0 Å². The Morgan fingerprint density at radius 1 is 1.06 bits per heavy atom. The third kappa shape index (κ3) is 6.02. The van der Waals surface area contributed by atoms with Crippen molar-refractivity contribution in [2.24, 2.45) is 5.92 Å². The van der Waals surface area contributed by atoms with Crippen LogP contribution in [0.15, 0.2) is 12.1 Å². The highest BCUT2D eigenvalue weighted by Crippen LogP contribution is 2.40. The predicted molar refractivity (Wildman–Crippen MR) is 134 cm³/mol. The fraction of sp³-hybridized carbons (Fsp3) is 0.704. The average Bonchev–Trinajstić information content (AvgIpc) is 3.11. The molecule has 0 aromatic heterocycles. The van der Waals surface area contributed by atoms with Crippen molar-refractivity contribution >= 4 is 11.8 Å². The van der Waals surface area contributed by atoms with Crippen LogP contribution in [-0.4, -0.2) is 74.7 Å². The van der Waals surface area contributed by atoms with Gasteiger partial charge in [-0.25, -0.2) is 0 Å². The lowest BCUT2D eigenvalue weighted by atomic mass is 9.83. The van der Waals surface area contributed by atoms with Gasteiger partial charge in [-0.05, 0) is 82.7 Å². The van der Waals surface area contributed by atoms with Gasteiger partial charge in [-0.15, -0.1) is 0 Å². The monoisotopic (exact) mass is 487 g/mol. The molecule has 1 aromatic carbocycles. The van der Waals surface area contributed by atoms with Crippen molar-refractivity contribution in [1.29, 1.82) is 0 Å².